The Hall–Kier alpha value is -0.820. The summed E-state index contributed by atoms with van der Waals surface area (Å²) in [4.78, 5) is 2.67. The van der Waals surface area contributed by atoms with Crippen LogP contribution in [0, 0.1) is 0 Å². The first-order valence-electron chi connectivity index (χ1n) is 5.77. The first kappa shape index (κ1) is 8.49. The molecule has 2 heterocycles. The number of hydrogen-bond acceptors (Lipinski definition) is 1. The normalized spacial score (nSPS) is 26.7. The fourth-order valence-electron chi connectivity index (χ4n) is 2.96. The third-order valence-electron chi connectivity index (χ3n) is 3.70. The summed E-state index contributed by atoms with van der Waals surface area (Å²) in [6, 6.07) is 9.75. The lowest BCUT2D eigenvalue weighted by Crippen LogP contribution is -2.38. The molecular formula is C13H17N. The van der Waals surface area contributed by atoms with Crippen LogP contribution in [0.15, 0.2) is 24.3 Å². The summed E-state index contributed by atoms with van der Waals surface area (Å²) >= 11 is 0. The van der Waals surface area contributed by atoms with Gasteiger partial charge in [0.25, 0.3) is 0 Å². The SMILES string of the molecule is c1ccc2c(c1)CCN1CCCCC21. The predicted molar refractivity (Wildman–Crippen MR) is 58.3 cm³/mol. The van der Waals surface area contributed by atoms with Gasteiger partial charge in [0.2, 0.25) is 0 Å². The van der Waals surface area contributed by atoms with E-state index in [0.717, 1.165) is 6.04 Å². The molecule has 1 unspecified atom stereocenters. The molecule has 0 N–H and O–H groups in total. The summed E-state index contributed by atoms with van der Waals surface area (Å²) < 4.78 is 0. The van der Waals surface area contributed by atoms with E-state index in [1.54, 1.807) is 11.1 Å². The first-order valence-corrected chi connectivity index (χ1v) is 5.77. The summed E-state index contributed by atoms with van der Waals surface area (Å²) in [5.74, 6) is 0. The number of nitrogens with zero attached hydrogens (tertiary/aromatic N) is 1. The molecule has 3 rings (SSSR count). The summed E-state index contributed by atoms with van der Waals surface area (Å²) in [5.41, 5.74) is 3.20. The van der Waals surface area contributed by atoms with E-state index < -0.39 is 0 Å². The van der Waals surface area contributed by atoms with Gasteiger partial charge in [-0.15, -0.1) is 0 Å². The maximum absolute atomic E-state index is 2.67. The third-order valence-corrected chi connectivity index (χ3v) is 3.70. The lowest BCUT2D eigenvalue weighted by molar-refractivity contribution is 0.138. The quantitative estimate of drug-likeness (QED) is 0.603. The smallest absolute Gasteiger partial charge is 0.0350 e. The Morgan fingerprint density at radius 1 is 1.07 bits per heavy atom. The maximum Gasteiger partial charge on any atom is 0.0350 e. The van der Waals surface area contributed by atoms with Crippen molar-refractivity contribution in [3.8, 4) is 0 Å². The van der Waals surface area contributed by atoms with E-state index in [4.69, 9.17) is 0 Å². The van der Waals surface area contributed by atoms with Gasteiger partial charge in [0.15, 0.2) is 0 Å². The van der Waals surface area contributed by atoms with Crippen molar-refractivity contribution >= 4 is 0 Å². The second kappa shape index (κ2) is 3.39. The van der Waals surface area contributed by atoms with Crippen LogP contribution in [0.3, 0.4) is 0 Å². The van der Waals surface area contributed by atoms with Crippen LogP contribution in [-0.2, 0) is 6.42 Å². The van der Waals surface area contributed by atoms with Crippen LogP contribution in [0.5, 0.6) is 0 Å². The van der Waals surface area contributed by atoms with Crippen LogP contribution >= 0.6 is 0 Å². The minimum Gasteiger partial charge on any atom is -0.296 e. The predicted octanol–water partition coefficient (Wildman–Crippen LogP) is 2.77. The van der Waals surface area contributed by atoms with Crippen molar-refractivity contribution in [2.75, 3.05) is 13.1 Å². The number of fused-ring (bicyclic) bond motifs is 3. The molecule has 1 aromatic carbocycles. The molecule has 0 saturated carbocycles. The zero-order valence-corrected chi connectivity index (χ0v) is 8.58. The van der Waals surface area contributed by atoms with Crippen LogP contribution in [-0.4, -0.2) is 18.0 Å². The van der Waals surface area contributed by atoms with Crippen molar-refractivity contribution < 1.29 is 0 Å². The standard InChI is InChI=1S/C13H17N/c1-2-6-12-11(5-1)8-10-14-9-4-3-7-13(12)14/h1-2,5-6,13H,3-4,7-10H2. The van der Waals surface area contributed by atoms with Gasteiger partial charge in [-0.2, -0.15) is 0 Å². The van der Waals surface area contributed by atoms with Crippen LogP contribution in [0.4, 0.5) is 0 Å². The Bertz CT molecular complexity index is 332. The van der Waals surface area contributed by atoms with Crippen molar-refractivity contribution in [1.82, 2.24) is 4.90 Å². The molecule has 2 aliphatic rings. The topological polar surface area (TPSA) is 3.24 Å². The Labute approximate surface area is 85.7 Å². The average Bonchev–Trinajstić information content (AvgIpc) is 2.29. The van der Waals surface area contributed by atoms with Gasteiger partial charge in [-0.3, -0.25) is 4.90 Å². The molecule has 2 aliphatic heterocycles. The van der Waals surface area contributed by atoms with Crippen LogP contribution in [0.1, 0.15) is 36.4 Å². The second-order valence-electron chi connectivity index (χ2n) is 4.50. The third kappa shape index (κ3) is 1.27. The molecule has 0 amide bonds. The molecule has 1 fully saturated rings. The fraction of sp³-hybridized carbons (Fsp3) is 0.538. The summed E-state index contributed by atoms with van der Waals surface area (Å²) in [7, 11) is 0. The first-order chi connectivity index (χ1) is 6.95. The van der Waals surface area contributed by atoms with Crippen molar-refractivity contribution in [3.05, 3.63) is 35.4 Å². The van der Waals surface area contributed by atoms with Crippen molar-refractivity contribution in [2.45, 2.75) is 31.7 Å². The molecule has 0 aliphatic carbocycles. The van der Waals surface area contributed by atoms with E-state index in [1.165, 1.54) is 38.8 Å². The molecule has 1 atom stereocenters. The molecule has 1 nitrogen and oxygen atoms in total. The van der Waals surface area contributed by atoms with Gasteiger partial charge in [-0.1, -0.05) is 30.7 Å². The highest BCUT2D eigenvalue weighted by atomic mass is 15.2. The number of rotatable bonds is 0. The lowest BCUT2D eigenvalue weighted by atomic mass is 9.87. The van der Waals surface area contributed by atoms with Gasteiger partial charge >= 0.3 is 0 Å². The molecule has 0 radical (unpaired) electrons. The minimum absolute atomic E-state index is 0.744. The highest BCUT2D eigenvalue weighted by Crippen LogP contribution is 2.35. The van der Waals surface area contributed by atoms with Gasteiger partial charge in [0.1, 0.15) is 0 Å². The summed E-state index contributed by atoms with van der Waals surface area (Å²) in [5, 5.41) is 0. The Kier molecular flexibility index (Phi) is 2.06. The molecule has 74 valence electrons. The van der Waals surface area contributed by atoms with Gasteiger partial charge in [-0.25, -0.2) is 0 Å². The highest BCUT2D eigenvalue weighted by molar-refractivity contribution is 5.32. The highest BCUT2D eigenvalue weighted by Gasteiger charge is 2.28. The monoisotopic (exact) mass is 187 g/mol. The van der Waals surface area contributed by atoms with E-state index in [9.17, 15) is 0 Å². The van der Waals surface area contributed by atoms with Crippen molar-refractivity contribution in [1.29, 1.82) is 0 Å². The van der Waals surface area contributed by atoms with E-state index in [1.807, 2.05) is 0 Å². The number of hydrogen-bond donors (Lipinski definition) is 0. The zero-order chi connectivity index (χ0) is 9.38. The van der Waals surface area contributed by atoms with Gasteiger partial charge in [-0.05, 0) is 36.9 Å². The van der Waals surface area contributed by atoms with E-state index in [-0.39, 0.29) is 0 Å². The Morgan fingerprint density at radius 3 is 3.00 bits per heavy atom. The molecule has 0 aromatic heterocycles. The molecular weight excluding hydrogens is 170 g/mol. The molecule has 1 saturated heterocycles. The zero-order valence-electron chi connectivity index (χ0n) is 8.58. The van der Waals surface area contributed by atoms with Gasteiger partial charge < -0.3 is 0 Å². The molecule has 1 aromatic rings. The summed E-state index contributed by atoms with van der Waals surface area (Å²) in [6.07, 6.45) is 5.44. The van der Waals surface area contributed by atoms with Crippen molar-refractivity contribution in [3.63, 3.8) is 0 Å². The van der Waals surface area contributed by atoms with Crippen molar-refractivity contribution in [2.24, 2.45) is 0 Å². The minimum atomic E-state index is 0.744. The Balaban J connectivity index is 1.99. The van der Waals surface area contributed by atoms with Gasteiger partial charge in [0.05, 0.1) is 0 Å². The average molecular weight is 187 g/mol. The van der Waals surface area contributed by atoms with Crippen LogP contribution < -0.4 is 0 Å². The summed E-state index contributed by atoms with van der Waals surface area (Å²) in [6.45, 7) is 2.60. The van der Waals surface area contributed by atoms with Gasteiger partial charge in [0, 0.05) is 12.6 Å². The molecule has 0 spiro atoms. The second-order valence-corrected chi connectivity index (χ2v) is 4.50. The van der Waals surface area contributed by atoms with E-state index >= 15 is 0 Å². The molecule has 1 heteroatoms. The van der Waals surface area contributed by atoms with E-state index in [0.29, 0.717) is 0 Å². The lowest BCUT2D eigenvalue weighted by Gasteiger charge is -2.40. The Morgan fingerprint density at radius 2 is 2.00 bits per heavy atom. The number of benzene rings is 1. The number of piperidine rings is 1. The molecule has 14 heavy (non-hydrogen) atoms. The maximum atomic E-state index is 2.67. The fourth-order valence-corrected chi connectivity index (χ4v) is 2.96. The van der Waals surface area contributed by atoms with E-state index in [2.05, 4.69) is 29.2 Å². The molecule has 0 bridgehead atoms. The largest absolute Gasteiger partial charge is 0.296 e. The van der Waals surface area contributed by atoms with Crippen LogP contribution in [0.2, 0.25) is 0 Å². The van der Waals surface area contributed by atoms with Crippen LogP contribution in [0.25, 0.3) is 0 Å².